The second-order valence-corrected chi connectivity index (χ2v) is 7.19. The Labute approximate surface area is 113 Å². The standard InChI is InChI=1S/C17H31N/c1-2-15-9-5-6-10-17(15)11-12-18-13-16(17)14-7-3-4-8-14/h14-16,18H,2-13H2,1H3. The molecule has 0 aromatic carbocycles. The summed E-state index contributed by atoms with van der Waals surface area (Å²) in [5.41, 5.74) is 0.743. The Morgan fingerprint density at radius 1 is 1.00 bits per heavy atom. The van der Waals surface area contributed by atoms with Crippen molar-refractivity contribution in [3.05, 3.63) is 0 Å². The molecule has 18 heavy (non-hydrogen) atoms. The van der Waals surface area contributed by atoms with Gasteiger partial charge in [-0.25, -0.2) is 0 Å². The molecule has 1 N–H and O–H groups in total. The Bertz CT molecular complexity index is 263. The van der Waals surface area contributed by atoms with Crippen LogP contribution in [0.25, 0.3) is 0 Å². The van der Waals surface area contributed by atoms with Gasteiger partial charge < -0.3 is 5.32 Å². The van der Waals surface area contributed by atoms with Crippen molar-refractivity contribution >= 4 is 0 Å². The van der Waals surface area contributed by atoms with E-state index in [1.807, 2.05) is 0 Å². The average molecular weight is 249 g/mol. The highest BCUT2D eigenvalue weighted by Crippen LogP contribution is 2.55. The third-order valence-electron chi connectivity index (χ3n) is 6.59. The van der Waals surface area contributed by atoms with Gasteiger partial charge in [0.25, 0.3) is 0 Å². The molecule has 3 rings (SSSR count). The summed E-state index contributed by atoms with van der Waals surface area (Å²) in [6.07, 6.45) is 15.1. The third kappa shape index (κ3) is 2.13. The molecule has 1 saturated heterocycles. The molecule has 1 aliphatic heterocycles. The molecule has 0 aromatic heterocycles. The molecule has 3 unspecified atom stereocenters. The zero-order valence-electron chi connectivity index (χ0n) is 12.2. The zero-order valence-corrected chi connectivity index (χ0v) is 12.2. The maximum atomic E-state index is 3.73. The molecule has 0 amide bonds. The van der Waals surface area contributed by atoms with Crippen molar-refractivity contribution < 1.29 is 0 Å². The molecule has 2 aliphatic carbocycles. The van der Waals surface area contributed by atoms with Gasteiger partial charge in [0.1, 0.15) is 0 Å². The van der Waals surface area contributed by atoms with Gasteiger partial charge in [0.05, 0.1) is 0 Å². The lowest BCUT2D eigenvalue weighted by Crippen LogP contribution is -2.52. The van der Waals surface area contributed by atoms with Gasteiger partial charge in [-0.2, -0.15) is 0 Å². The summed E-state index contributed by atoms with van der Waals surface area (Å²) in [5.74, 6) is 3.11. The fourth-order valence-corrected chi connectivity index (χ4v) is 5.73. The molecule has 2 saturated carbocycles. The molecule has 3 fully saturated rings. The maximum Gasteiger partial charge on any atom is -0.00124 e. The van der Waals surface area contributed by atoms with Crippen LogP contribution in [0.2, 0.25) is 0 Å². The van der Waals surface area contributed by atoms with E-state index in [0.717, 1.165) is 23.2 Å². The van der Waals surface area contributed by atoms with Crippen LogP contribution in [0, 0.1) is 23.2 Å². The van der Waals surface area contributed by atoms with E-state index in [1.165, 1.54) is 70.9 Å². The van der Waals surface area contributed by atoms with E-state index in [9.17, 15) is 0 Å². The van der Waals surface area contributed by atoms with Crippen molar-refractivity contribution in [2.24, 2.45) is 23.2 Å². The number of nitrogens with one attached hydrogen (secondary N) is 1. The minimum absolute atomic E-state index is 0.743. The molecule has 0 bridgehead atoms. The first-order valence-corrected chi connectivity index (χ1v) is 8.57. The zero-order chi connectivity index (χ0) is 12.4. The summed E-state index contributed by atoms with van der Waals surface area (Å²) in [6.45, 7) is 5.08. The topological polar surface area (TPSA) is 12.0 Å². The van der Waals surface area contributed by atoms with E-state index in [0.29, 0.717) is 0 Å². The first-order chi connectivity index (χ1) is 8.87. The van der Waals surface area contributed by atoms with Crippen molar-refractivity contribution in [2.45, 2.75) is 71.1 Å². The Hall–Kier alpha value is -0.0400. The third-order valence-corrected chi connectivity index (χ3v) is 6.59. The molecule has 1 heterocycles. The largest absolute Gasteiger partial charge is 0.316 e. The minimum Gasteiger partial charge on any atom is -0.316 e. The van der Waals surface area contributed by atoms with Crippen LogP contribution in [0.1, 0.15) is 71.1 Å². The fourth-order valence-electron chi connectivity index (χ4n) is 5.73. The second-order valence-electron chi connectivity index (χ2n) is 7.19. The Morgan fingerprint density at radius 3 is 2.56 bits per heavy atom. The van der Waals surface area contributed by atoms with Crippen LogP contribution in [0.15, 0.2) is 0 Å². The van der Waals surface area contributed by atoms with E-state index >= 15 is 0 Å². The predicted octanol–water partition coefficient (Wildman–Crippen LogP) is 4.37. The summed E-state index contributed by atoms with van der Waals surface area (Å²) in [7, 11) is 0. The molecule has 1 heteroatoms. The van der Waals surface area contributed by atoms with Crippen LogP contribution in [0.4, 0.5) is 0 Å². The van der Waals surface area contributed by atoms with E-state index in [2.05, 4.69) is 12.2 Å². The number of piperidine rings is 1. The molecule has 3 atom stereocenters. The van der Waals surface area contributed by atoms with E-state index in [4.69, 9.17) is 0 Å². The monoisotopic (exact) mass is 249 g/mol. The van der Waals surface area contributed by atoms with Gasteiger partial charge >= 0.3 is 0 Å². The van der Waals surface area contributed by atoms with Gasteiger partial charge in [0.2, 0.25) is 0 Å². The van der Waals surface area contributed by atoms with Crippen LogP contribution in [0.5, 0.6) is 0 Å². The number of hydrogen-bond donors (Lipinski definition) is 1. The van der Waals surface area contributed by atoms with Crippen molar-refractivity contribution in [3.8, 4) is 0 Å². The van der Waals surface area contributed by atoms with Crippen LogP contribution in [-0.4, -0.2) is 13.1 Å². The summed E-state index contributed by atoms with van der Waals surface area (Å²) < 4.78 is 0. The quantitative estimate of drug-likeness (QED) is 0.766. The molecule has 0 radical (unpaired) electrons. The summed E-state index contributed by atoms with van der Waals surface area (Å²) in [6, 6.07) is 0. The molecule has 3 aliphatic rings. The molecule has 0 aromatic rings. The number of hydrogen-bond acceptors (Lipinski definition) is 1. The summed E-state index contributed by atoms with van der Waals surface area (Å²) in [4.78, 5) is 0. The van der Waals surface area contributed by atoms with Gasteiger partial charge in [-0.05, 0) is 55.5 Å². The van der Waals surface area contributed by atoms with E-state index in [1.54, 1.807) is 6.42 Å². The van der Waals surface area contributed by atoms with E-state index in [-0.39, 0.29) is 0 Å². The van der Waals surface area contributed by atoms with Crippen LogP contribution >= 0.6 is 0 Å². The molecule has 1 spiro atoms. The first-order valence-electron chi connectivity index (χ1n) is 8.57. The molecular weight excluding hydrogens is 218 g/mol. The highest BCUT2D eigenvalue weighted by atomic mass is 14.9. The Kier molecular flexibility index (Phi) is 3.98. The van der Waals surface area contributed by atoms with Gasteiger partial charge in [-0.3, -0.25) is 0 Å². The number of rotatable bonds is 2. The fraction of sp³-hybridized carbons (Fsp3) is 1.00. The molecule has 1 nitrogen and oxygen atoms in total. The predicted molar refractivity (Wildman–Crippen MR) is 77.6 cm³/mol. The van der Waals surface area contributed by atoms with Crippen molar-refractivity contribution in [1.29, 1.82) is 0 Å². The summed E-state index contributed by atoms with van der Waals surface area (Å²) in [5, 5.41) is 3.73. The second kappa shape index (κ2) is 5.53. The first kappa shape index (κ1) is 13.0. The normalized spacial score (nSPS) is 42.5. The van der Waals surface area contributed by atoms with Crippen LogP contribution < -0.4 is 5.32 Å². The molecular formula is C17H31N. The average Bonchev–Trinajstić information content (AvgIpc) is 2.93. The highest BCUT2D eigenvalue weighted by Gasteiger charge is 2.49. The van der Waals surface area contributed by atoms with Crippen LogP contribution in [-0.2, 0) is 0 Å². The lowest BCUT2D eigenvalue weighted by molar-refractivity contribution is -0.0324. The van der Waals surface area contributed by atoms with Gasteiger partial charge in [0.15, 0.2) is 0 Å². The van der Waals surface area contributed by atoms with Crippen molar-refractivity contribution in [2.75, 3.05) is 13.1 Å². The summed E-state index contributed by atoms with van der Waals surface area (Å²) >= 11 is 0. The Morgan fingerprint density at radius 2 is 1.78 bits per heavy atom. The smallest absolute Gasteiger partial charge is 0.00124 e. The van der Waals surface area contributed by atoms with Gasteiger partial charge in [0, 0.05) is 0 Å². The van der Waals surface area contributed by atoms with Gasteiger partial charge in [-0.15, -0.1) is 0 Å². The highest BCUT2D eigenvalue weighted by molar-refractivity contribution is 5.00. The lowest BCUT2D eigenvalue weighted by Gasteiger charge is -2.54. The lowest BCUT2D eigenvalue weighted by atomic mass is 9.53. The van der Waals surface area contributed by atoms with E-state index < -0.39 is 0 Å². The minimum atomic E-state index is 0.743. The van der Waals surface area contributed by atoms with Gasteiger partial charge in [-0.1, -0.05) is 51.9 Å². The van der Waals surface area contributed by atoms with Crippen LogP contribution in [0.3, 0.4) is 0 Å². The SMILES string of the molecule is CCC1CCCCC12CCNCC2C1CCCC1. The Balaban J connectivity index is 1.83. The maximum absolute atomic E-state index is 3.73. The molecule has 104 valence electrons. The van der Waals surface area contributed by atoms with Crippen molar-refractivity contribution in [1.82, 2.24) is 5.32 Å². The van der Waals surface area contributed by atoms with Crippen molar-refractivity contribution in [3.63, 3.8) is 0 Å².